The molecule has 1 atom stereocenters. The molecule has 1 aliphatic rings. The van der Waals surface area contributed by atoms with Gasteiger partial charge in [0.2, 0.25) is 0 Å². The highest BCUT2D eigenvalue weighted by Crippen LogP contribution is 2.37. The molecule has 1 unspecified atom stereocenters. The fraction of sp³-hybridized carbons (Fsp3) is 0.0426. The second kappa shape index (κ2) is 14.0. The Bertz CT molecular complexity index is 2470. The minimum absolute atomic E-state index is 0.131. The van der Waals surface area contributed by atoms with Crippen molar-refractivity contribution in [3.8, 4) is 33.8 Å². The first kappa shape index (κ1) is 30.9. The smallest absolute Gasteiger partial charge is 0.160 e. The fourth-order valence-electron chi connectivity index (χ4n) is 6.72. The molecule has 0 saturated heterocycles. The molecule has 3 nitrogen and oxygen atoms in total. The molecule has 8 rings (SSSR count). The highest BCUT2D eigenvalue weighted by molar-refractivity contribution is 6.13. The average molecular weight is 642 g/mol. The molecule has 0 N–H and O–H groups in total. The van der Waals surface area contributed by atoms with Crippen molar-refractivity contribution in [1.82, 2.24) is 15.0 Å². The van der Waals surface area contributed by atoms with Crippen LogP contribution in [0, 0.1) is 0 Å². The number of aromatic nitrogens is 3. The topological polar surface area (TPSA) is 38.7 Å². The van der Waals surface area contributed by atoms with E-state index in [4.69, 9.17) is 9.97 Å². The summed E-state index contributed by atoms with van der Waals surface area (Å²) in [5.41, 5.74) is 9.75. The first-order chi connectivity index (χ1) is 24.7. The highest BCUT2D eigenvalue weighted by atomic mass is 14.9. The number of hydrogen-bond acceptors (Lipinski definition) is 3. The quantitative estimate of drug-likeness (QED) is 0.122. The summed E-state index contributed by atoms with van der Waals surface area (Å²) in [6.07, 6.45) is 21.1. The Morgan fingerprint density at radius 3 is 2.24 bits per heavy atom. The first-order valence-corrected chi connectivity index (χ1v) is 17.0. The largest absolute Gasteiger partial charge is 0.264 e. The highest BCUT2D eigenvalue weighted by Gasteiger charge is 2.18. The van der Waals surface area contributed by atoms with Gasteiger partial charge < -0.3 is 0 Å². The molecule has 2 aromatic heterocycles. The maximum absolute atomic E-state index is 5.17. The predicted molar refractivity (Wildman–Crippen MR) is 210 cm³/mol. The Morgan fingerprint density at radius 2 is 1.44 bits per heavy atom. The zero-order valence-corrected chi connectivity index (χ0v) is 27.7. The van der Waals surface area contributed by atoms with Gasteiger partial charge in [-0.05, 0) is 80.1 Å². The van der Waals surface area contributed by atoms with Gasteiger partial charge in [-0.2, -0.15) is 0 Å². The van der Waals surface area contributed by atoms with E-state index in [1.165, 1.54) is 38.2 Å². The van der Waals surface area contributed by atoms with Crippen LogP contribution in [-0.4, -0.2) is 15.0 Å². The van der Waals surface area contributed by atoms with E-state index < -0.39 is 0 Å². The van der Waals surface area contributed by atoms with E-state index in [-0.39, 0.29) is 5.92 Å². The lowest BCUT2D eigenvalue weighted by Gasteiger charge is -2.18. The number of nitrogens with zero attached hydrogens (tertiary/aromatic N) is 3. The Kier molecular flexibility index (Phi) is 8.61. The average Bonchev–Trinajstić information content (AvgIpc) is 3.20. The van der Waals surface area contributed by atoms with Crippen molar-refractivity contribution >= 4 is 33.2 Å². The third kappa shape index (κ3) is 6.37. The SMILES string of the molecule is C=C/C=C\C=C\c1cccc(-c2nc(-c3ccc(-c4cc5ccccc5c5ccccc45)cc3)cc(C3C=CC(c4cccnc4)=CC3)n2)c1. The lowest BCUT2D eigenvalue weighted by molar-refractivity contribution is 0.813. The lowest BCUT2D eigenvalue weighted by atomic mass is 9.90. The standard InChI is InChI=1S/C47H35N3/c1-2-3-4-5-12-33-13-10-15-39(29-33)47-49-45(36-24-20-34(21-25-36)40-16-11-28-48-32-40)31-46(50-47)37-26-22-35(23-27-37)44-30-38-14-6-7-17-41(38)42-18-8-9-19-43(42)44/h2-24,26-32,36H,1,25H2/b4-3-,12-5+. The fourth-order valence-corrected chi connectivity index (χ4v) is 6.72. The predicted octanol–water partition coefficient (Wildman–Crippen LogP) is 12.1. The molecule has 238 valence electrons. The van der Waals surface area contributed by atoms with Gasteiger partial charge in [0.1, 0.15) is 0 Å². The van der Waals surface area contributed by atoms with Gasteiger partial charge in [-0.3, -0.25) is 4.98 Å². The molecule has 0 spiro atoms. The maximum Gasteiger partial charge on any atom is 0.160 e. The lowest BCUT2D eigenvalue weighted by Crippen LogP contribution is -2.05. The zero-order chi connectivity index (χ0) is 33.7. The Morgan fingerprint density at radius 1 is 0.640 bits per heavy atom. The van der Waals surface area contributed by atoms with Crippen molar-refractivity contribution in [2.75, 3.05) is 0 Å². The van der Waals surface area contributed by atoms with Crippen molar-refractivity contribution in [1.29, 1.82) is 0 Å². The summed E-state index contributed by atoms with van der Waals surface area (Å²) in [7, 11) is 0. The van der Waals surface area contributed by atoms with Crippen molar-refractivity contribution in [3.05, 3.63) is 200 Å². The van der Waals surface area contributed by atoms with Crippen molar-refractivity contribution < 1.29 is 0 Å². The van der Waals surface area contributed by atoms with Gasteiger partial charge in [-0.25, -0.2) is 9.97 Å². The van der Waals surface area contributed by atoms with Crippen LogP contribution >= 0.6 is 0 Å². The van der Waals surface area contributed by atoms with Gasteiger partial charge in [-0.15, -0.1) is 0 Å². The Hall–Kier alpha value is -6.45. The molecule has 50 heavy (non-hydrogen) atoms. The van der Waals surface area contributed by atoms with Crippen LogP contribution in [0.25, 0.3) is 67.0 Å². The number of rotatable bonds is 8. The second-order valence-electron chi connectivity index (χ2n) is 12.5. The van der Waals surface area contributed by atoms with Crippen LogP contribution in [-0.2, 0) is 0 Å². The van der Waals surface area contributed by atoms with Crippen molar-refractivity contribution in [2.24, 2.45) is 0 Å². The van der Waals surface area contributed by atoms with Crippen molar-refractivity contribution in [3.63, 3.8) is 0 Å². The summed E-state index contributed by atoms with van der Waals surface area (Å²) in [6.45, 7) is 3.75. The molecule has 1 aliphatic carbocycles. The number of hydrogen-bond donors (Lipinski definition) is 0. The molecule has 0 saturated carbocycles. The minimum atomic E-state index is 0.131. The number of allylic oxidation sites excluding steroid dienone is 8. The summed E-state index contributed by atoms with van der Waals surface area (Å²) in [6, 6.07) is 43.1. The third-order valence-corrected chi connectivity index (χ3v) is 9.27. The molecule has 0 amide bonds. The van der Waals surface area contributed by atoms with Gasteiger partial charge in [0.15, 0.2) is 5.82 Å². The molecule has 3 heteroatoms. The first-order valence-electron chi connectivity index (χ1n) is 17.0. The van der Waals surface area contributed by atoms with Gasteiger partial charge in [0, 0.05) is 29.4 Å². The maximum atomic E-state index is 5.17. The number of fused-ring (bicyclic) bond motifs is 3. The van der Waals surface area contributed by atoms with Gasteiger partial charge in [-0.1, -0.05) is 152 Å². The number of benzene rings is 5. The van der Waals surface area contributed by atoms with Crippen LogP contribution in [0.15, 0.2) is 183 Å². The van der Waals surface area contributed by atoms with Crippen LogP contribution in [0.5, 0.6) is 0 Å². The van der Waals surface area contributed by atoms with Gasteiger partial charge >= 0.3 is 0 Å². The Labute approximate surface area is 293 Å². The molecule has 7 aromatic rings. The summed E-state index contributed by atoms with van der Waals surface area (Å²) in [5.74, 6) is 0.848. The zero-order valence-electron chi connectivity index (χ0n) is 27.7. The second-order valence-corrected chi connectivity index (χ2v) is 12.5. The Balaban J connectivity index is 1.18. The summed E-state index contributed by atoms with van der Waals surface area (Å²) in [5, 5.41) is 5.04. The molecule has 0 aliphatic heterocycles. The van der Waals surface area contributed by atoms with E-state index in [1.807, 2.05) is 36.7 Å². The van der Waals surface area contributed by atoms with E-state index >= 15 is 0 Å². The molecular formula is C47H35N3. The van der Waals surface area contributed by atoms with E-state index in [1.54, 1.807) is 6.08 Å². The monoisotopic (exact) mass is 641 g/mol. The minimum Gasteiger partial charge on any atom is -0.264 e. The van der Waals surface area contributed by atoms with Crippen molar-refractivity contribution in [2.45, 2.75) is 12.3 Å². The summed E-state index contributed by atoms with van der Waals surface area (Å²) >= 11 is 0. The molecule has 2 heterocycles. The molecule has 0 fully saturated rings. The molecular weight excluding hydrogens is 607 g/mol. The summed E-state index contributed by atoms with van der Waals surface area (Å²) < 4.78 is 0. The van der Waals surface area contributed by atoms with Crippen LogP contribution in [0.3, 0.4) is 0 Å². The van der Waals surface area contributed by atoms with Crippen LogP contribution in [0.4, 0.5) is 0 Å². The van der Waals surface area contributed by atoms with Crippen LogP contribution in [0.1, 0.15) is 29.2 Å². The van der Waals surface area contributed by atoms with E-state index in [9.17, 15) is 0 Å². The van der Waals surface area contributed by atoms with E-state index in [2.05, 4.69) is 151 Å². The molecule has 0 bridgehead atoms. The molecule has 0 radical (unpaired) electrons. The van der Waals surface area contributed by atoms with Gasteiger partial charge in [0.25, 0.3) is 0 Å². The van der Waals surface area contributed by atoms with Crippen LogP contribution < -0.4 is 0 Å². The van der Waals surface area contributed by atoms with E-state index in [0.29, 0.717) is 0 Å². The molecule has 5 aromatic carbocycles. The third-order valence-electron chi connectivity index (χ3n) is 9.27. The summed E-state index contributed by atoms with van der Waals surface area (Å²) in [4.78, 5) is 14.6. The van der Waals surface area contributed by atoms with E-state index in [0.717, 1.165) is 45.9 Å². The number of pyridine rings is 1. The van der Waals surface area contributed by atoms with Crippen LogP contribution in [0.2, 0.25) is 0 Å². The normalized spacial score (nSPS) is 14.5. The van der Waals surface area contributed by atoms with Gasteiger partial charge in [0.05, 0.1) is 11.4 Å².